The molecule has 1 fully saturated rings. The molecule has 0 aromatic carbocycles. The van der Waals surface area contributed by atoms with E-state index in [2.05, 4.69) is 25.2 Å². The highest BCUT2D eigenvalue weighted by molar-refractivity contribution is 5.76. The molecule has 0 spiro atoms. The van der Waals surface area contributed by atoms with Crippen LogP contribution in [0.2, 0.25) is 0 Å². The van der Waals surface area contributed by atoms with Gasteiger partial charge in [-0.15, -0.1) is 0 Å². The molecule has 1 amide bonds. The molecule has 0 aromatic heterocycles. The van der Waals surface area contributed by atoms with E-state index in [1.54, 1.807) is 5.57 Å². The summed E-state index contributed by atoms with van der Waals surface area (Å²) >= 11 is 0. The fraction of sp³-hybridized carbons (Fsp3) is 0.800. The Hall–Kier alpha value is -0.830. The molecule has 1 heterocycles. The van der Waals surface area contributed by atoms with Crippen molar-refractivity contribution in [2.75, 3.05) is 20.1 Å². The number of likely N-dealkylation sites (tertiary alicyclic amines) is 1. The van der Waals surface area contributed by atoms with Crippen molar-refractivity contribution in [2.24, 2.45) is 11.8 Å². The van der Waals surface area contributed by atoms with Crippen molar-refractivity contribution in [2.45, 2.75) is 45.6 Å². The molecule has 0 saturated carbocycles. The first-order valence-electron chi connectivity index (χ1n) is 7.22. The summed E-state index contributed by atoms with van der Waals surface area (Å²) < 4.78 is 0. The average molecular weight is 250 g/mol. The molecule has 1 saturated heterocycles. The van der Waals surface area contributed by atoms with Crippen LogP contribution in [0.4, 0.5) is 0 Å². The van der Waals surface area contributed by atoms with Gasteiger partial charge in [0.1, 0.15) is 0 Å². The number of carbonyl (C=O) groups is 1. The topological polar surface area (TPSA) is 32.3 Å². The van der Waals surface area contributed by atoms with Crippen LogP contribution in [-0.4, -0.2) is 37.0 Å². The molecule has 1 aliphatic carbocycles. The quantitative estimate of drug-likeness (QED) is 0.779. The smallest absolute Gasteiger partial charge is 0.222 e. The van der Waals surface area contributed by atoms with Gasteiger partial charge in [0, 0.05) is 32.6 Å². The number of rotatable bonds is 3. The van der Waals surface area contributed by atoms with E-state index in [1.807, 2.05) is 11.9 Å². The summed E-state index contributed by atoms with van der Waals surface area (Å²) in [7, 11) is 1.91. The van der Waals surface area contributed by atoms with Crippen molar-refractivity contribution < 1.29 is 4.79 Å². The fourth-order valence-corrected chi connectivity index (χ4v) is 3.21. The molecule has 3 nitrogen and oxygen atoms in total. The third kappa shape index (κ3) is 3.14. The Morgan fingerprint density at radius 2 is 2.22 bits per heavy atom. The summed E-state index contributed by atoms with van der Waals surface area (Å²) in [5.41, 5.74) is 1.54. The number of carbonyl (C=O) groups excluding carboxylic acids is 1. The van der Waals surface area contributed by atoms with Crippen molar-refractivity contribution in [3.8, 4) is 0 Å². The normalized spacial score (nSPS) is 33.5. The second-order valence-electron chi connectivity index (χ2n) is 6.03. The van der Waals surface area contributed by atoms with Gasteiger partial charge < -0.3 is 10.2 Å². The van der Waals surface area contributed by atoms with Gasteiger partial charge in [-0.2, -0.15) is 0 Å². The van der Waals surface area contributed by atoms with E-state index in [9.17, 15) is 4.79 Å². The van der Waals surface area contributed by atoms with Crippen LogP contribution in [0.25, 0.3) is 0 Å². The highest BCUT2D eigenvalue weighted by atomic mass is 16.2. The first-order valence-corrected chi connectivity index (χ1v) is 7.22. The maximum Gasteiger partial charge on any atom is 0.222 e. The van der Waals surface area contributed by atoms with Crippen molar-refractivity contribution in [3.05, 3.63) is 11.6 Å². The molecule has 2 aliphatic rings. The summed E-state index contributed by atoms with van der Waals surface area (Å²) in [4.78, 5) is 13.3. The Morgan fingerprint density at radius 3 is 2.89 bits per heavy atom. The Balaban J connectivity index is 1.82. The molecule has 2 rings (SSSR count). The Kier molecular flexibility index (Phi) is 4.44. The summed E-state index contributed by atoms with van der Waals surface area (Å²) in [5.74, 6) is 1.75. The number of nitrogens with one attached hydrogen (secondary N) is 1. The van der Waals surface area contributed by atoms with Gasteiger partial charge in [0.2, 0.25) is 5.91 Å². The first-order chi connectivity index (χ1) is 8.58. The van der Waals surface area contributed by atoms with E-state index in [1.165, 1.54) is 12.8 Å². The minimum atomic E-state index is 0.287. The third-order valence-corrected chi connectivity index (χ3v) is 4.61. The van der Waals surface area contributed by atoms with Crippen LogP contribution >= 0.6 is 0 Å². The maximum absolute atomic E-state index is 11.4. The minimum Gasteiger partial charge on any atom is -0.344 e. The van der Waals surface area contributed by atoms with Crippen molar-refractivity contribution in [1.29, 1.82) is 0 Å². The number of amides is 1. The van der Waals surface area contributed by atoms with Crippen molar-refractivity contribution >= 4 is 5.91 Å². The highest BCUT2D eigenvalue weighted by Gasteiger charge is 2.26. The lowest BCUT2D eigenvalue weighted by molar-refractivity contribution is -0.132. The Morgan fingerprint density at radius 1 is 1.44 bits per heavy atom. The first kappa shape index (κ1) is 13.6. The molecule has 1 aliphatic heterocycles. The SMILES string of the molecule is CC1=CCC[C@H](C)[C@@H]1CN[C@H]1CCC(=O)N(C)C1. The largest absolute Gasteiger partial charge is 0.344 e. The molecule has 0 unspecified atom stereocenters. The molecular formula is C15H26N2O. The lowest BCUT2D eigenvalue weighted by Crippen LogP contribution is -2.48. The van der Waals surface area contributed by atoms with Gasteiger partial charge in [-0.25, -0.2) is 0 Å². The van der Waals surface area contributed by atoms with Gasteiger partial charge in [0.15, 0.2) is 0 Å². The Bertz CT molecular complexity index is 337. The van der Waals surface area contributed by atoms with Crippen LogP contribution in [0.5, 0.6) is 0 Å². The lowest BCUT2D eigenvalue weighted by atomic mass is 9.80. The van der Waals surface area contributed by atoms with E-state index >= 15 is 0 Å². The minimum absolute atomic E-state index is 0.287. The molecule has 0 radical (unpaired) electrons. The van der Waals surface area contributed by atoms with E-state index in [0.29, 0.717) is 18.4 Å². The number of likely N-dealkylation sites (N-methyl/N-ethyl adjacent to an activating group) is 1. The molecule has 18 heavy (non-hydrogen) atoms. The predicted octanol–water partition coefficient (Wildman–Crippen LogP) is 2.19. The standard InChI is InChI=1S/C15H26N2O/c1-11-5-4-6-12(2)14(11)9-16-13-7-8-15(18)17(3)10-13/h5,12-14,16H,4,6-10H2,1-3H3/t12-,13-,14+/m0/s1. The van der Waals surface area contributed by atoms with Gasteiger partial charge in [0.05, 0.1) is 0 Å². The van der Waals surface area contributed by atoms with E-state index in [4.69, 9.17) is 0 Å². The zero-order valence-electron chi connectivity index (χ0n) is 11.9. The predicted molar refractivity (Wildman–Crippen MR) is 74.3 cm³/mol. The van der Waals surface area contributed by atoms with Crippen LogP contribution in [0.15, 0.2) is 11.6 Å². The van der Waals surface area contributed by atoms with Crippen LogP contribution in [-0.2, 0) is 4.79 Å². The van der Waals surface area contributed by atoms with Gasteiger partial charge in [-0.3, -0.25) is 4.79 Å². The van der Waals surface area contributed by atoms with Crippen LogP contribution < -0.4 is 5.32 Å². The van der Waals surface area contributed by atoms with Crippen LogP contribution in [0.3, 0.4) is 0 Å². The van der Waals surface area contributed by atoms with Crippen LogP contribution in [0, 0.1) is 11.8 Å². The zero-order chi connectivity index (χ0) is 13.1. The average Bonchev–Trinajstić information content (AvgIpc) is 2.33. The van der Waals surface area contributed by atoms with Gasteiger partial charge in [-0.05, 0) is 38.0 Å². The third-order valence-electron chi connectivity index (χ3n) is 4.61. The summed E-state index contributed by atoms with van der Waals surface area (Å²) in [6, 6.07) is 0.481. The number of hydrogen-bond acceptors (Lipinski definition) is 2. The number of hydrogen-bond donors (Lipinski definition) is 1. The van der Waals surface area contributed by atoms with Gasteiger partial charge >= 0.3 is 0 Å². The zero-order valence-corrected chi connectivity index (χ0v) is 11.9. The molecule has 102 valence electrons. The molecule has 1 N–H and O–H groups in total. The van der Waals surface area contributed by atoms with Gasteiger partial charge in [-0.1, -0.05) is 18.6 Å². The van der Waals surface area contributed by atoms with E-state index < -0.39 is 0 Å². The second kappa shape index (κ2) is 5.87. The Labute approximate surface area is 111 Å². The summed E-state index contributed by atoms with van der Waals surface area (Å²) in [6.45, 7) is 6.55. The molecule has 0 aromatic rings. The number of piperidine rings is 1. The van der Waals surface area contributed by atoms with Gasteiger partial charge in [0.25, 0.3) is 0 Å². The monoisotopic (exact) mass is 250 g/mol. The molecule has 0 bridgehead atoms. The fourth-order valence-electron chi connectivity index (χ4n) is 3.21. The van der Waals surface area contributed by atoms with Crippen molar-refractivity contribution in [1.82, 2.24) is 10.2 Å². The second-order valence-corrected chi connectivity index (χ2v) is 6.03. The van der Waals surface area contributed by atoms with E-state index in [0.717, 1.165) is 25.4 Å². The van der Waals surface area contributed by atoms with Crippen molar-refractivity contribution in [3.63, 3.8) is 0 Å². The van der Waals surface area contributed by atoms with E-state index in [-0.39, 0.29) is 5.91 Å². The number of allylic oxidation sites excluding steroid dienone is 1. The summed E-state index contributed by atoms with van der Waals surface area (Å²) in [6.07, 6.45) is 6.63. The molecule has 3 atom stereocenters. The maximum atomic E-state index is 11.4. The molecule has 3 heteroatoms. The lowest BCUT2D eigenvalue weighted by Gasteiger charge is -2.34. The number of nitrogens with zero attached hydrogens (tertiary/aromatic N) is 1. The molecular weight excluding hydrogens is 224 g/mol. The summed E-state index contributed by atoms with van der Waals surface area (Å²) in [5, 5.41) is 3.67. The highest BCUT2D eigenvalue weighted by Crippen LogP contribution is 2.29. The van der Waals surface area contributed by atoms with Crippen LogP contribution in [0.1, 0.15) is 39.5 Å².